The van der Waals surface area contributed by atoms with Crippen LogP contribution in [0.1, 0.15) is 16.1 Å². The number of aryl methyl sites for hydroxylation is 1. The molecule has 1 aromatic carbocycles. The number of nitrogens with zero attached hydrogens (tertiary/aromatic N) is 4. The molecule has 22 heavy (non-hydrogen) atoms. The first-order valence-electron chi connectivity index (χ1n) is 6.44. The van der Waals surface area contributed by atoms with Crippen LogP contribution in [-0.2, 0) is 0 Å². The average molecular weight is 359 g/mol. The van der Waals surface area contributed by atoms with Gasteiger partial charge in [-0.25, -0.2) is 9.78 Å². The molecule has 0 spiro atoms. The van der Waals surface area contributed by atoms with Crippen LogP contribution >= 0.6 is 15.9 Å². The second-order valence-electron chi connectivity index (χ2n) is 4.65. The number of aromatic carboxylic acids is 1. The molecular formula is C15H11BrN4O2. The van der Waals surface area contributed by atoms with Crippen molar-refractivity contribution in [1.29, 1.82) is 0 Å². The second-order valence-corrected chi connectivity index (χ2v) is 5.51. The molecule has 110 valence electrons. The van der Waals surface area contributed by atoms with Crippen LogP contribution in [0.5, 0.6) is 0 Å². The van der Waals surface area contributed by atoms with Gasteiger partial charge < -0.3 is 5.11 Å². The second kappa shape index (κ2) is 5.69. The van der Waals surface area contributed by atoms with Gasteiger partial charge in [0.2, 0.25) is 0 Å². The summed E-state index contributed by atoms with van der Waals surface area (Å²) in [6.07, 6.45) is 1.70. The average Bonchev–Trinajstić information content (AvgIpc) is 2.87. The summed E-state index contributed by atoms with van der Waals surface area (Å²) in [5.41, 5.74) is 2.10. The Morgan fingerprint density at radius 1 is 1.27 bits per heavy atom. The molecule has 0 saturated heterocycles. The Balaban J connectivity index is 2.09. The minimum absolute atomic E-state index is 0.124. The first-order valence-corrected chi connectivity index (χ1v) is 7.24. The van der Waals surface area contributed by atoms with Gasteiger partial charge in [-0.2, -0.15) is 0 Å². The van der Waals surface area contributed by atoms with E-state index in [-0.39, 0.29) is 11.5 Å². The van der Waals surface area contributed by atoms with Crippen LogP contribution in [0, 0.1) is 6.92 Å². The van der Waals surface area contributed by atoms with Gasteiger partial charge in [-0.05, 0) is 36.8 Å². The van der Waals surface area contributed by atoms with E-state index in [0.29, 0.717) is 11.3 Å². The molecule has 2 heterocycles. The van der Waals surface area contributed by atoms with Gasteiger partial charge in [-0.3, -0.25) is 4.40 Å². The van der Waals surface area contributed by atoms with Crippen molar-refractivity contribution in [3.05, 3.63) is 58.3 Å². The zero-order valence-electron chi connectivity index (χ0n) is 11.6. The lowest BCUT2D eigenvalue weighted by Gasteiger charge is -1.99. The van der Waals surface area contributed by atoms with Gasteiger partial charge in [0.1, 0.15) is 5.65 Å². The molecule has 0 saturated carbocycles. The summed E-state index contributed by atoms with van der Waals surface area (Å²) in [6, 6.07) is 10.8. The fraction of sp³-hybridized carbons (Fsp3) is 0.0667. The first kappa shape index (κ1) is 14.4. The molecule has 0 bridgehead atoms. The quantitative estimate of drug-likeness (QED) is 0.699. The minimum atomic E-state index is -1.14. The Bertz CT molecular complexity index is 902. The number of carboxylic acids is 1. The SMILES string of the molecule is Cc1ccc(N=Nc2c(C(=O)O)nc3ccccn23)cc1Br. The van der Waals surface area contributed by atoms with Crippen molar-refractivity contribution in [2.45, 2.75) is 6.92 Å². The van der Waals surface area contributed by atoms with Gasteiger partial charge in [0.15, 0.2) is 11.5 Å². The third-order valence-electron chi connectivity index (χ3n) is 3.12. The number of hydrogen-bond donors (Lipinski definition) is 1. The van der Waals surface area contributed by atoms with Crippen LogP contribution < -0.4 is 0 Å². The number of hydrogen-bond acceptors (Lipinski definition) is 4. The zero-order chi connectivity index (χ0) is 15.7. The summed E-state index contributed by atoms with van der Waals surface area (Å²) in [4.78, 5) is 15.4. The molecule has 2 aromatic heterocycles. The van der Waals surface area contributed by atoms with Gasteiger partial charge in [0, 0.05) is 10.7 Å². The van der Waals surface area contributed by atoms with Crippen LogP contribution in [0.3, 0.4) is 0 Å². The van der Waals surface area contributed by atoms with Crippen LogP contribution in [0.25, 0.3) is 5.65 Å². The van der Waals surface area contributed by atoms with Crippen molar-refractivity contribution in [3.8, 4) is 0 Å². The Morgan fingerprint density at radius 2 is 2.09 bits per heavy atom. The monoisotopic (exact) mass is 358 g/mol. The van der Waals surface area contributed by atoms with E-state index in [1.807, 2.05) is 25.1 Å². The predicted octanol–water partition coefficient (Wildman–Crippen LogP) is 4.52. The number of rotatable bonds is 3. The number of benzene rings is 1. The van der Waals surface area contributed by atoms with E-state index in [4.69, 9.17) is 0 Å². The highest BCUT2D eigenvalue weighted by atomic mass is 79.9. The van der Waals surface area contributed by atoms with Gasteiger partial charge in [-0.15, -0.1) is 10.2 Å². The van der Waals surface area contributed by atoms with Gasteiger partial charge >= 0.3 is 5.97 Å². The number of carbonyl (C=O) groups is 1. The van der Waals surface area contributed by atoms with Crippen molar-refractivity contribution < 1.29 is 9.90 Å². The highest BCUT2D eigenvalue weighted by molar-refractivity contribution is 9.10. The number of pyridine rings is 1. The largest absolute Gasteiger partial charge is 0.476 e. The number of imidazole rings is 1. The third-order valence-corrected chi connectivity index (χ3v) is 3.98. The Labute approximate surface area is 134 Å². The summed E-state index contributed by atoms with van der Waals surface area (Å²) in [6.45, 7) is 1.97. The lowest BCUT2D eigenvalue weighted by atomic mass is 10.2. The van der Waals surface area contributed by atoms with Crippen LogP contribution in [0.4, 0.5) is 11.5 Å². The van der Waals surface area contributed by atoms with Crippen molar-refractivity contribution in [1.82, 2.24) is 9.38 Å². The number of aromatic nitrogens is 2. The number of carboxylic acid groups (broad SMARTS) is 1. The first-order chi connectivity index (χ1) is 10.6. The topological polar surface area (TPSA) is 79.3 Å². The molecule has 0 amide bonds. The van der Waals surface area contributed by atoms with E-state index < -0.39 is 5.97 Å². The summed E-state index contributed by atoms with van der Waals surface area (Å²) in [7, 11) is 0. The number of halogens is 1. The van der Waals surface area contributed by atoms with E-state index in [0.717, 1.165) is 10.0 Å². The van der Waals surface area contributed by atoms with Crippen LogP contribution in [-0.4, -0.2) is 20.5 Å². The fourth-order valence-corrected chi connectivity index (χ4v) is 2.34. The van der Waals surface area contributed by atoms with Crippen molar-refractivity contribution in [2.75, 3.05) is 0 Å². The maximum Gasteiger partial charge on any atom is 0.358 e. The molecule has 0 aliphatic rings. The van der Waals surface area contributed by atoms with Gasteiger partial charge in [0.25, 0.3) is 0 Å². The standard InChI is InChI=1S/C15H11BrN4O2/c1-9-5-6-10(8-11(9)16)18-19-14-13(15(21)22)17-12-4-2-3-7-20(12)14/h2-8H,1H3,(H,21,22). The zero-order valence-corrected chi connectivity index (χ0v) is 13.1. The number of azo groups is 1. The summed E-state index contributed by atoms with van der Waals surface area (Å²) < 4.78 is 2.51. The molecule has 0 radical (unpaired) electrons. The van der Waals surface area contributed by atoms with E-state index in [1.54, 1.807) is 28.8 Å². The van der Waals surface area contributed by atoms with E-state index in [9.17, 15) is 9.90 Å². The predicted molar refractivity (Wildman–Crippen MR) is 85.2 cm³/mol. The summed E-state index contributed by atoms with van der Waals surface area (Å²) >= 11 is 3.43. The van der Waals surface area contributed by atoms with Crippen molar-refractivity contribution in [2.24, 2.45) is 10.2 Å². The van der Waals surface area contributed by atoms with E-state index in [1.165, 1.54) is 0 Å². The van der Waals surface area contributed by atoms with E-state index in [2.05, 4.69) is 31.1 Å². The third kappa shape index (κ3) is 2.62. The van der Waals surface area contributed by atoms with Gasteiger partial charge in [-0.1, -0.05) is 28.1 Å². The molecule has 0 unspecified atom stereocenters. The molecule has 3 rings (SSSR count). The lowest BCUT2D eigenvalue weighted by Crippen LogP contribution is -1.96. The normalized spacial score (nSPS) is 11.4. The molecule has 0 aliphatic carbocycles. The maximum absolute atomic E-state index is 11.3. The van der Waals surface area contributed by atoms with Crippen molar-refractivity contribution >= 4 is 39.1 Å². The fourth-order valence-electron chi connectivity index (χ4n) is 1.97. The lowest BCUT2D eigenvalue weighted by molar-refractivity contribution is 0.0692. The molecule has 7 heteroatoms. The molecule has 0 atom stereocenters. The molecule has 0 aliphatic heterocycles. The van der Waals surface area contributed by atoms with Crippen molar-refractivity contribution in [3.63, 3.8) is 0 Å². The molecule has 3 aromatic rings. The molecule has 6 nitrogen and oxygen atoms in total. The Hall–Kier alpha value is -2.54. The Morgan fingerprint density at radius 3 is 2.82 bits per heavy atom. The van der Waals surface area contributed by atoms with E-state index >= 15 is 0 Å². The summed E-state index contributed by atoms with van der Waals surface area (Å²) in [5.74, 6) is -0.942. The van der Waals surface area contributed by atoms with Crippen LogP contribution in [0.2, 0.25) is 0 Å². The highest BCUT2D eigenvalue weighted by Gasteiger charge is 2.17. The van der Waals surface area contributed by atoms with Crippen LogP contribution in [0.15, 0.2) is 57.3 Å². The molecule has 1 N–H and O–H groups in total. The smallest absolute Gasteiger partial charge is 0.358 e. The maximum atomic E-state index is 11.3. The Kier molecular flexibility index (Phi) is 3.72. The molecule has 0 fully saturated rings. The van der Waals surface area contributed by atoms with Gasteiger partial charge in [0.05, 0.1) is 5.69 Å². The minimum Gasteiger partial charge on any atom is -0.476 e. The molecular weight excluding hydrogens is 348 g/mol. The number of fused-ring (bicyclic) bond motifs is 1. The summed E-state index contributed by atoms with van der Waals surface area (Å²) in [5, 5.41) is 17.5. The highest BCUT2D eigenvalue weighted by Crippen LogP contribution is 2.26.